The van der Waals surface area contributed by atoms with Crippen LogP contribution in [0.2, 0.25) is 0 Å². The number of ketones is 1. The Morgan fingerprint density at radius 2 is 1.83 bits per heavy atom. The summed E-state index contributed by atoms with van der Waals surface area (Å²) in [6.07, 6.45) is 12.0. The predicted octanol–water partition coefficient (Wildman–Crippen LogP) is 5.96. The van der Waals surface area contributed by atoms with Crippen molar-refractivity contribution >= 4 is 29.3 Å². The topological polar surface area (TPSA) is 97.0 Å². The van der Waals surface area contributed by atoms with Crippen molar-refractivity contribution in [2.45, 2.75) is 65.7 Å². The third kappa shape index (κ3) is 14.5. The van der Waals surface area contributed by atoms with Crippen LogP contribution in [0.5, 0.6) is 5.75 Å². The van der Waals surface area contributed by atoms with E-state index in [1.54, 1.807) is 0 Å². The van der Waals surface area contributed by atoms with Gasteiger partial charge in [0.25, 0.3) is 0 Å². The van der Waals surface area contributed by atoms with Crippen LogP contribution >= 0.6 is 23.5 Å². The minimum atomic E-state index is -0.515. The van der Waals surface area contributed by atoms with Crippen molar-refractivity contribution < 1.29 is 24.2 Å². The van der Waals surface area contributed by atoms with E-state index in [2.05, 4.69) is 27.4 Å². The largest absolute Gasteiger partial charge is 0.502 e. The zero-order valence-electron chi connectivity index (χ0n) is 21.4. The standard InChI is InChI=1S/C27H42O6S2/c1-5-33-24(16-23(29)18-28)17-27(3,4)10-7-12-35-14-8-13-34-11-6-9-21(2)15-22-19-32-20-25(30)26(22)31/h5,16,19-21,28,30H,1,6-15,17-18H2,2-4H3/b24-16-. The van der Waals surface area contributed by atoms with Gasteiger partial charge in [0.05, 0.1) is 12.5 Å². The first kappa shape index (κ1) is 31.4. The van der Waals surface area contributed by atoms with Gasteiger partial charge in [0.2, 0.25) is 5.43 Å². The highest BCUT2D eigenvalue weighted by Crippen LogP contribution is 2.31. The maximum Gasteiger partial charge on any atom is 0.229 e. The van der Waals surface area contributed by atoms with Gasteiger partial charge >= 0.3 is 0 Å². The number of allylic oxidation sites excluding steroid dienone is 1. The highest BCUT2D eigenvalue weighted by atomic mass is 32.2. The van der Waals surface area contributed by atoms with Crippen molar-refractivity contribution in [3.8, 4) is 5.75 Å². The molecule has 0 radical (unpaired) electrons. The SMILES string of the molecule is C=CO/C(=C\C(=O)CO)CC(C)(C)CCCSCCCSCCCC(C)Cc1cocc(O)c1=O. The maximum atomic E-state index is 11.9. The summed E-state index contributed by atoms with van der Waals surface area (Å²) in [7, 11) is 0. The van der Waals surface area contributed by atoms with Gasteiger partial charge < -0.3 is 19.4 Å². The molecule has 0 saturated carbocycles. The molecule has 0 aromatic carbocycles. The van der Waals surface area contributed by atoms with Crippen molar-refractivity contribution in [2.24, 2.45) is 11.3 Å². The minimum absolute atomic E-state index is 0.00302. The van der Waals surface area contributed by atoms with Gasteiger partial charge in [-0.1, -0.05) is 27.4 Å². The molecule has 1 aromatic rings. The molecule has 0 saturated heterocycles. The lowest BCUT2D eigenvalue weighted by molar-refractivity contribution is -0.117. The van der Waals surface area contributed by atoms with E-state index in [1.807, 2.05) is 23.5 Å². The number of hydrogen-bond donors (Lipinski definition) is 2. The molecule has 6 nitrogen and oxygen atoms in total. The molecule has 0 aliphatic carbocycles. The second-order valence-electron chi connectivity index (χ2n) is 9.61. The van der Waals surface area contributed by atoms with E-state index < -0.39 is 6.61 Å². The summed E-state index contributed by atoms with van der Waals surface area (Å²) in [4.78, 5) is 23.3. The van der Waals surface area contributed by atoms with Crippen LogP contribution in [-0.4, -0.2) is 45.6 Å². The Kier molecular flexibility index (Phi) is 15.9. The van der Waals surface area contributed by atoms with Crippen LogP contribution in [0.25, 0.3) is 0 Å². The molecule has 2 N–H and O–H groups in total. The number of thioether (sulfide) groups is 2. The van der Waals surface area contributed by atoms with Crippen LogP contribution in [0.3, 0.4) is 0 Å². The van der Waals surface area contributed by atoms with Gasteiger partial charge in [-0.05, 0) is 72.9 Å². The first-order chi connectivity index (χ1) is 16.7. The molecule has 0 amide bonds. The summed E-state index contributed by atoms with van der Waals surface area (Å²) in [5.41, 5.74) is 0.226. The molecule has 1 heterocycles. The van der Waals surface area contributed by atoms with Crippen LogP contribution in [0.4, 0.5) is 0 Å². The van der Waals surface area contributed by atoms with Gasteiger partial charge in [0.1, 0.15) is 18.6 Å². The second kappa shape index (κ2) is 17.7. The Morgan fingerprint density at radius 1 is 1.17 bits per heavy atom. The Morgan fingerprint density at radius 3 is 2.49 bits per heavy atom. The number of aliphatic hydroxyl groups excluding tert-OH is 1. The van der Waals surface area contributed by atoms with E-state index >= 15 is 0 Å². The molecule has 35 heavy (non-hydrogen) atoms. The smallest absolute Gasteiger partial charge is 0.229 e. The number of rotatable bonds is 20. The minimum Gasteiger partial charge on any atom is -0.502 e. The van der Waals surface area contributed by atoms with Crippen molar-refractivity contribution in [2.75, 3.05) is 29.6 Å². The van der Waals surface area contributed by atoms with E-state index in [0.29, 0.717) is 30.1 Å². The fourth-order valence-electron chi connectivity index (χ4n) is 3.74. The quantitative estimate of drug-likeness (QED) is 0.122. The summed E-state index contributed by atoms with van der Waals surface area (Å²) in [6, 6.07) is 0. The average molecular weight is 527 g/mol. The molecule has 1 unspecified atom stereocenters. The number of carbonyl (C=O) groups excluding carboxylic acids is 1. The molecule has 1 rings (SSSR count). The van der Waals surface area contributed by atoms with Crippen molar-refractivity contribution in [3.63, 3.8) is 0 Å². The van der Waals surface area contributed by atoms with Gasteiger partial charge in [-0.2, -0.15) is 23.5 Å². The Bertz CT molecular complexity index is 846. The van der Waals surface area contributed by atoms with Crippen LogP contribution in [-0.2, 0) is 16.0 Å². The van der Waals surface area contributed by atoms with Gasteiger partial charge in [0, 0.05) is 18.1 Å². The van der Waals surface area contributed by atoms with Gasteiger partial charge in [-0.25, -0.2) is 0 Å². The van der Waals surface area contributed by atoms with E-state index in [1.165, 1.54) is 25.0 Å². The number of ether oxygens (including phenoxy) is 1. The Labute approximate surface area is 218 Å². The molecule has 1 aromatic heterocycles. The zero-order chi connectivity index (χ0) is 26.1. The number of carbonyl (C=O) groups is 1. The van der Waals surface area contributed by atoms with Gasteiger partial charge in [-0.3, -0.25) is 9.59 Å². The van der Waals surface area contributed by atoms with Crippen molar-refractivity contribution in [3.05, 3.63) is 53.0 Å². The van der Waals surface area contributed by atoms with E-state index in [-0.39, 0.29) is 22.4 Å². The Hall–Kier alpha value is -1.64. The summed E-state index contributed by atoms with van der Waals surface area (Å²) in [5.74, 6) is 4.82. The first-order valence-electron chi connectivity index (χ1n) is 12.2. The molecule has 1 atom stereocenters. The van der Waals surface area contributed by atoms with E-state index in [0.717, 1.165) is 55.0 Å². The summed E-state index contributed by atoms with van der Waals surface area (Å²) in [6.45, 7) is 9.50. The fraction of sp³-hybridized carbons (Fsp3) is 0.630. The molecular weight excluding hydrogens is 484 g/mol. The molecule has 8 heteroatoms. The lowest BCUT2D eigenvalue weighted by Gasteiger charge is -2.25. The fourth-order valence-corrected chi connectivity index (χ4v) is 5.75. The van der Waals surface area contributed by atoms with Gasteiger partial charge in [0.15, 0.2) is 11.5 Å². The molecule has 0 fully saturated rings. The number of hydrogen-bond acceptors (Lipinski definition) is 8. The third-order valence-electron chi connectivity index (χ3n) is 5.55. The summed E-state index contributed by atoms with van der Waals surface area (Å²) >= 11 is 3.97. The maximum absolute atomic E-state index is 11.9. The second-order valence-corrected chi connectivity index (χ2v) is 12.1. The van der Waals surface area contributed by atoms with Crippen LogP contribution < -0.4 is 5.43 Å². The predicted molar refractivity (Wildman–Crippen MR) is 147 cm³/mol. The first-order valence-corrected chi connectivity index (χ1v) is 14.5. The number of aromatic hydroxyl groups is 1. The van der Waals surface area contributed by atoms with E-state index in [9.17, 15) is 14.7 Å². The normalized spacial score (nSPS) is 13.0. The Balaban J connectivity index is 2.08. The molecule has 0 spiro atoms. The molecule has 0 aliphatic heterocycles. The molecular formula is C27H42O6S2. The number of aliphatic hydroxyl groups is 1. The lowest BCUT2D eigenvalue weighted by atomic mass is 9.83. The van der Waals surface area contributed by atoms with E-state index in [4.69, 9.17) is 14.3 Å². The van der Waals surface area contributed by atoms with Crippen LogP contribution in [0.15, 0.2) is 46.4 Å². The molecule has 198 valence electrons. The monoisotopic (exact) mass is 526 g/mol. The molecule has 0 bridgehead atoms. The van der Waals surface area contributed by atoms with Crippen LogP contribution in [0, 0.1) is 11.3 Å². The molecule has 0 aliphatic rings. The summed E-state index contributed by atoms with van der Waals surface area (Å²) in [5, 5.41) is 18.4. The van der Waals surface area contributed by atoms with Crippen molar-refractivity contribution in [1.82, 2.24) is 0 Å². The third-order valence-corrected chi connectivity index (χ3v) is 7.86. The van der Waals surface area contributed by atoms with Crippen LogP contribution in [0.1, 0.15) is 64.9 Å². The van der Waals surface area contributed by atoms with Crippen molar-refractivity contribution in [1.29, 1.82) is 0 Å². The average Bonchev–Trinajstić information content (AvgIpc) is 2.80. The lowest BCUT2D eigenvalue weighted by Crippen LogP contribution is -2.14. The highest BCUT2D eigenvalue weighted by Gasteiger charge is 2.21. The highest BCUT2D eigenvalue weighted by molar-refractivity contribution is 8.00. The van der Waals surface area contributed by atoms with Gasteiger partial charge in [-0.15, -0.1) is 0 Å². The zero-order valence-corrected chi connectivity index (χ0v) is 23.1. The summed E-state index contributed by atoms with van der Waals surface area (Å²) < 4.78 is 10.4.